The minimum atomic E-state index is 0.830. The third-order valence-electron chi connectivity index (χ3n) is 1.52. The Morgan fingerprint density at radius 1 is 1.18 bits per heavy atom. The summed E-state index contributed by atoms with van der Waals surface area (Å²) in [5.74, 6) is 0.830. The van der Waals surface area contributed by atoms with Gasteiger partial charge in [-0.1, -0.05) is 45.2 Å². The highest BCUT2D eigenvalue weighted by Crippen LogP contribution is 2.31. The number of hydrogen-bond donors (Lipinski definition) is 0. The molecule has 0 aromatic carbocycles. The summed E-state index contributed by atoms with van der Waals surface area (Å²) >= 11 is 0. The molecule has 0 spiro atoms. The van der Waals surface area contributed by atoms with Crippen molar-refractivity contribution in [1.29, 1.82) is 0 Å². The molecule has 1 rings (SSSR count). The zero-order chi connectivity index (χ0) is 8.69. The lowest BCUT2D eigenvalue weighted by Crippen LogP contribution is -1.70. The summed E-state index contributed by atoms with van der Waals surface area (Å²) < 4.78 is 0. The molecule has 0 unspecified atom stereocenters. The minimum Gasteiger partial charge on any atom is -0.0985 e. The van der Waals surface area contributed by atoms with Gasteiger partial charge < -0.3 is 0 Å². The van der Waals surface area contributed by atoms with E-state index in [2.05, 4.69) is 19.2 Å². The van der Waals surface area contributed by atoms with Crippen molar-refractivity contribution in [2.24, 2.45) is 5.92 Å². The molecule has 1 fully saturated rings. The van der Waals surface area contributed by atoms with E-state index in [1.54, 1.807) is 0 Å². The third-order valence-corrected chi connectivity index (χ3v) is 1.52. The second-order valence-corrected chi connectivity index (χ2v) is 2.41. The van der Waals surface area contributed by atoms with E-state index in [9.17, 15) is 0 Å². The zero-order valence-electron chi connectivity index (χ0n) is 7.64. The van der Waals surface area contributed by atoms with Gasteiger partial charge in [0.25, 0.3) is 0 Å². The van der Waals surface area contributed by atoms with Gasteiger partial charge in [-0.15, -0.1) is 0 Å². The lowest BCUT2D eigenvalue weighted by atomic mass is 10.2. The van der Waals surface area contributed by atoms with Crippen LogP contribution in [0.3, 0.4) is 0 Å². The van der Waals surface area contributed by atoms with Crippen LogP contribution in [0.15, 0.2) is 37.0 Å². The Labute approximate surface area is 70.3 Å². The molecule has 0 bridgehead atoms. The number of rotatable bonds is 3. The van der Waals surface area contributed by atoms with Crippen molar-refractivity contribution in [3.63, 3.8) is 0 Å². The molecule has 1 aliphatic carbocycles. The summed E-state index contributed by atoms with van der Waals surface area (Å²) in [7, 11) is 0. The average Bonchev–Trinajstić information content (AvgIpc) is 2.87. The molecule has 0 aromatic heterocycles. The molecular formula is C11H18. The molecule has 0 radical (unpaired) electrons. The molecule has 0 heterocycles. The maximum absolute atomic E-state index is 3.67. The van der Waals surface area contributed by atoms with Crippen molar-refractivity contribution >= 4 is 0 Å². The highest BCUT2D eigenvalue weighted by molar-refractivity contribution is 5.28. The Bertz CT molecular complexity index is 137. The molecule has 11 heavy (non-hydrogen) atoms. The van der Waals surface area contributed by atoms with E-state index in [0.717, 1.165) is 5.92 Å². The van der Waals surface area contributed by atoms with E-state index in [0.29, 0.717) is 0 Å². The highest BCUT2D eigenvalue weighted by atomic mass is 14.2. The molecule has 0 heteroatoms. The first-order valence-electron chi connectivity index (χ1n) is 4.33. The van der Waals surface area contributed by atoms with Crippen LogP contribution in [0, 0.1) is 5.92 Å². The average molecular weight is 150 g/mol. The van der Waals surface area contributed by atoms with Crippen molar-refractivity contribution in [1.82, 2.24) is 0 Å². The van der Waals surface area contributed by atoms with Crippen LogP contribution in [0.1, 0.15) is 26.7 Å². The van der Waals surface area contributed by atoms with Crippen LogP contribution < -0.4 is 0 Å². The summed E-state index contributed by atoms with van der Waals surface area (Å²) in [6.45, 7) is 11.3. The van der Waals surface area contributed by atoms with Crippen LogP contribution in [-0.2, 0) is 0 Å². The van der Waals surface area contributed by atoms with Gasteiger partial charge in [0.15, 0.2) is 0 Å². The van der Waals surface area contributed by atoms with Crippen molar-refractivity contribution in [2.75, 3.05) is 0 Å². The molecule has 0 atom stereocenters. The standard InChI is InChI=1S/C9H12.C2H6/c1-3-8(4-2)7-9-5-6-9;1-2/h3-4,7,9H,1-2,5-6H2;1-2H3. The Morgan fingerprint density at radius 2 is 1.64 bits per heavy atom. The summed E-state index contributed by atoms with van der Waals surface area (Å²) in [4.78, 5) is 0. The lowest BCUT2D eigenvalue weighted by Gasteiger charge is -1.87. The summed E-state index contributed by atoms with van der Waals surface area (Å²) in [6, 6.07) is 0. The van der Waals surface area contributed by atoms with Gasteiger partial charge in [0.2, 0.25) is 0 Å². The Balaban J connectivity index is 0.000000461. The van der Waals surface area contributed by atoms with E-state index in [1.165, 1.54) is 18.4 Å². The molecule has 0 amide bonds. The van der Waals surface area contributed by atoms with Crippen LogP contribution in [0.25, 0.3) is 0 Å². The smallest absolute Gasteiger partial charge is 0.0224 e. The van der Waals surface area contributed by atoms with E-state index in [-0.39, 0.29) is 0 Å². The minimum absolute atomic E-state index is 0.830. The van der Waals surface area contributed by atoms with Crippen LogP contribution in [0.4, 0.5) is 0 Å². The fraction of sp³-hybridized carbons (Fsp3) is 0.455. The number of allylic oxidation sites excluding steroid dienone is 4. The van der Waals surface area contributed by atoms with E-state index in [4.69, 9.17) is 0 Å². The quantitative estimate of drug-likeness (QED) is 0.538. The topological polar surface area (TPSA) is 0 Å². The van der Waals surface area contributed by atoms with Gasteiger partial charge >= 0.3 is 0 Å². The molecule has 0 aliphatic heterocycles. The van der Waals surface area contributed by atoms with Gasteiger partial charge in [0.1, 0.15) is 0 Å². The summed E-state index contributed by atoms with van der Waals surface area (Å²) in [5, 5.41) is 0. The second-order valence-electron chi connectivity index (χ2n) is 2.41. The Kier molecular flexibility index (Phi) is 5.54. The summed E-state index contributed by atoms with van der Waals surface area (Å²) in [5.41, 5.74) is 1.18. The first kappa shape index (κ1) is 10.2. The predicted molar refractivity (Wildman–Crippen MR) is 52.5 cm³/mol. The van der Waals surface area contributed by atoms with Crippen molar-refractivity contribution < 1.29 is 0 Å². The monoisotopic (exact) mass is 150 g/mol. The van der Waals surface area contributed by atoms with Crippen molar-refractivity contribution in [3.05, 3.63) is 37.0 Å². The van der Waals surface area contributed by atoms with Gasteiger partial charge in [-0.2, -0.15) is 0 Å². The molecule has 0 N–H and O–H groups in total. The summed E-state index contributed by atoms with van der Waals surface area (Å²) in [6.07, 6.45) is 8.65. The zero-order valence-corrected chi connectivity index (χ0v) is 7.64. The largest absolute Gasteiger partial charge is 0.0985 e. The Hall–Kier alpha value is -0.780. The first-order valence-corrected chi connectivity index (χ1v) is 4.33. The van der Waals surface area contributed by atoms with Gasteiger partial charge in [-0.05, 0) is 24.3 Å². The van der Waals surface area contributed by atoms with Crippen molar-refractivity contribution in [2.45, 2.75) is 26.7 Å². The fourth-order valence-corrected chi connectivity index (χ4v) is 0.754. The SMILES string of the molecule is C=CC(C=C)=CC1CC1.CC. The molecule has 0 aromatic rings. The second kappa shape index (κ2) is 5.96. The molecule has 0 saturated heterocycles. The van der Waals surface area contributed by atoms with E-state index < -0.39 is 0 Å². The van der Waals surface area contributed by atoms with Crippen LogP contribution >= 0.6 is 0 Å². The maximum atomic E-state index is 3.67. The van der Waals surface area contributed by atoms with Crippen LogP contribution in [0.2, 0.25) is 0 Å². The molecule has 62 valence electrons. The molecular weight excluding hydrogens is 132 g/mol. The van der Waals surface area contributed by atoms with E-state index in [1.807, 2.05) is 26.0 Å². The molecule has 1 aliphatic rings. The lowest BCUT2D eigenvalue weighted by molar-refractivity contribution is 1.11. The normalized spacial score (nSPS) is 14.0. The van der Waals surface area contributed by atoms with Gasteiger partial charge in [0.05, 0.1) is 0 Å². The van der Waals surface area contributed by atoms with Crippen LogP contribution in [0.5, 0.6) is 0 Å². The number of hydrogen-bond acceptors (Lipinski definition) is 0. The predicted octanol–water partition coefficient (Wildman–Crippen LogP) is 3.72. The van der Waals surface area contributed by atoms with Gasteiger partial charge in [-0.3, -0.25) is 0 Å². The maximum Gasteiger partial charge on any atom is -0.0224 e. The first-order chi connectivity index (χ1) is 5.36. The van der Waals surface area contributed by atoms with Gasteiger partial charge in [0, 0.05) is 0 Å². The fourth-order valence-electron chi connectivity index (χ4n) is 0.754. The van der Waals surface area contributed by atoms with Crippen molar-refractivity contribution in [3.8, 4) is 0 Å². The van der Waals surface area contributed by atoms with E-state index >= 15 is 0 Å². The third kappa shape index (κ3) is 4.60. The molecule has 0 nitrogen and oxygen atoms in total. The Morgan fingerprint density at radius 3 is 1.91 bits per heavy atom. The van der Waals surface area contributed by atoms with Crippen LogP contribution in [-0.4, -0.2) is 0 Å². The molecule has 1 saturated carbocycles. The van der Waals surface area contributed by atoms with Gasteiger partial charge in [-0.25, -0.2) is 0 Å². The highest BCUT2D eigenvalue weighted by Gasteiger charge is 2.17.